The quantitative estimate of drug-likeness (QED) is 0.161. The van der Waals surface area contributed by atoms with Crippen molar-refractivity contribution in [2.45, 2.75) is 12.3 Å². The number of fused-ring (bicyclic) bond motifs is 8. The first kappa shape index (κ1) is 35.1. The summed E-state index contributed by atoms with van der Waals surface area (Å²) in [5, 5.41) is 7.17. The van der Waals surface area contributed by atoms with E-state index in [9.17, 15) is 0 Å². The van der Waals surface area contributed by atoms with E-state index in [1.165, 1.54) is 49.3 Å². The first-order valence-corrected chi connectivity index (χ1v) is 21.1. The number of allylic oxidation sites excluding steroid dienone is 4. The summed E-state index contributed by atoms with van der Waals surface area (Å²) in [7, 11) is 0. The molecule has 0 fully saturated rings. The van der Waals surface area contributed by atoms with Gasteiger partial charge in [-0.1, -0.05) is 146 Å². The van der Waals surface area contributed by atoms with E-state index in [0.29, 0.717) is 5.92 Å². The lowest BCUT2D eigenvalue weighted by molar-refractivity contribution is 0.669. The van der Waals surface area contributed by atoms with Crippen LogP contribution < -0.4 is 4.90 Å². The molecule has 0 bridgehead atoms. The Morgan fingerprint density at radius 2 is 1.05 bits per heavy atom. The maximum absolute atomic E-state index is 6.75. The molecule has 0 saturated heterocycles. The minimum absolute atomic E-state index is 0.396. The SMILES string of the molecule is C1=CCC(c2ccc(N(c3ccc(-c4ccccc4)cc3)c3ccc4c(c3)oc3cc(-c5ccc6c(ccc7c8ccccc8n(-c8ccccc8)c67)c5)ccc34)cc2)C=C1. The van der Waals surface area contributed by atoms with Crippen LogP contribution in [0.25, 0.3) is 82.5 Å². The van der Waals surface area contributed by atoms with Crippen LogP contribution in [0.3, 0.4) is 0 Å². The molecule has 1 atom stereocenters. The maximum atomic E-state index is 6.75. The van der Waals surface area contributed by atoms with Crippen LogP contribution in [0.1, 0.15) is 17.9 Å². The highest BCUT2D eigenvalue weighted by Gasteiger charge is 2.19. The van der Waals surface area contributed by atoms with Gasteiger partial charge in [0.15, 0.2) is 0 Å². The number of benzene rings is 9. The molecule has 2 aromatic heterocycles. The summed E-state index contributed by atoms with van der Waals surface area (Å²) in [6, 6.07) is 72.5. The van der Waals surface area contributed by atoms with Crippen molar-refractivity contribution < 1.29 is 4.42 Å². The van der Waals surface area contributed by atoms with Gasteiger partial charge in [0, 0.05) is 61.7 Å². The largest absolute Gasteiger partial charge is 0.456 e. The molecule has 9 aromatic carbocycles. The molecular weight excluding hydrogens is 741 g/mol. The van der Waals surface area contributed by atoms with Gasteiger partial charge in [-0.2, -0.15) is 0 Å². The van der Waals surface area contributed by atoms with Gasteiger partial charge in [-0.05, 0) is 112 Å². The summed E-state index contributed by atoms with van der Waals surface area (Å²) < 4.78 is 9.16. The van der Waals surface area contributed by atoms with E-state index in [4.69, 9.17) is 4.42 Å². The van der Waals surface area contributed by atoms with Crippen LogP contribution in [0.5, 0.6) is 0 Å². The molecule has 0 saturated carbocycles. The summed E-state index contributed by atoms with van der Waals surface area (Å²) in [5.41, 5.74) is 14.6. The second-order valence-electron chi connectivity index (χ2n) is 16.1. The lowest BCUT2D eigenvalue weighted by Crippen LogP contribution is -2.10. The number of furan rings is 1. The Labute approximate surface area is 354 Å². The average Bonchev–Trinajstić information content (AvgIpc) is 3.88. The smallest absolute Gasteiger partial charge is 0.137 e. The van der Waals surface area contributed by atoms with Crippen molar-refractivity contribution in [3.05, 3.63) is 230 Å². The molecule has 288 valence electrons. The van der Waals surface area contributed by atoms with Crippen LogP contribution in [0, 0.1) is 0 Å². The van der Waals surface area contributed by atoms with Crippen molar-refractivity contribution in [1.29, 1.82) is 0 Å². The Hall–Kier alpha value is -7.88. The van der Waals surface area contributed by atoms with Crippen LogP contribution in [0.4, 0.5) is 17.1 Å². The van der Waals surface area contributed by atoms with E-state index in [1.54, 1.807) is 0 Å². The van der Waals surface area contributed by atoms with Gasteiger partial charge in [-0.15, -0.1) is 0 Å². The fourth-order valence-corrected chi connectivity index (χ4v) is 9.48. The molecule has 0 aliphatic heterocycles. The molecule has 12 rings (SSSR count). The number of hydrogen-bond donors (Lipinski definition) is 0. The highest BCUT2D eigenvalue weighted by Crippen LogP contribution is 2.42. The zero-order chi connectivity index (χ0) is 40.3. The first-order valence-electron chi connectivity index (χ1n) is 21.1. The van der Waals surface area contributed by atoms with Gasteiger partial charge >= 0.3 is 0 Å². The molecule has 0 amide bonds. The van der Waals surface area contributed by atoms with Gasteiger partial charge in [0.2, 0.25) is 0 Å². The van der Waals surface area contributed by atoms with Crippen molar-refractivity contribution in [2.75, 3.05) is 4.90 Å². The lowest BCUT2D eigenvalue weighted by atomic mass is 9.92. The van der Waals surface area contributed by atoms with Crippen LogP contribution in [-0.2, 0) is 0 Å². The minimum Gasteiger partial charge on any atom is -0.456 e. The van der Waals surface area contributed by atoms with Gasteiger partial charge in [-0.3, -0.25) is 0 Å². The Kier molecular flexibility index (Phi) is 8.31. The second kappa shape index (κ2) is 14.4. The van der Waals surface area contributed by atoms with Crippen LogP contribution >= 0.6 is 0 Å². The van der Waals surface area contributed by atoms with Crippen molar-refractivity contribution >= 4 is 71.6 Å². The van der Waals surface area contributed by atoms with E-state index in [0.717, 1.165) is 62.2 Å². The van der Waals surface area contributed by atoms with Crippen molar-refractivity contribution in [3.8, 4) is 27.9 Å². The summed E-state index contributed by atoms with van der Waals surface area (Å²) in [4.78, 5) is 2.33. The highest BCUT2D eigenvalue weighted by molar-refractivity contribution is 6.19. The van der Waals surface area contributed by atoms with Crippen LogP contribution in [0.15, 0.2) is 229 Å². The van der Waals surface area contributed by atoms with Crippen molar-refractivity contribution in [2.24, 2.45) is 0 Å². The third kappa shape index (κ3) is 6.05. The zero-order valence-electron chi connectivity index (χ0n) is 33.4. The molecule has 1 unspecified atom stereocenters. The normalized spacial score (nSPS) is 13.9. The third-order valence-corrected chi connectivity index (χ3v) is 12.5. The van der Waals surface area contributed by atoms with Gasteiger partial charge in [0.25, 0.3) is 0 Å². The maximum Gasteiger partial charge on any atom is 0.137 e. The molecule has 1 aliphatic rings. The van der Waals surface area contributed by atoms with E-state index >= 15 is 0 Å². The monoisotopic (exact) mass is 780 g/mol. The Morgan fingerprint density at radius 3 is 1.82 bits per heavy atom. The van der Waals surface area contributed by atoms with E-state index in [1.807, 2.05) is 0 Å². The molecule has 0 radical (unpaired) electrons. The summed E-state index contributed by atoms with van der Waals surface area (Å²) in [5.74, 6) is 0.396. The predicted octanol–water partition coefficient (Wildman–Crippen LogP) is 16.2. The molecule has 11 aromatic rings. The molecule has 0 N–H and O–H groups in total. The molecule has 3 heteroatoms. The van der Waals surface area contributed by atoms with E-state index < -0.39 is 0 Å². The zero-order valence-corrected chi connectivity index (χ0v) is 33.4. The Morgan fingerprint density at radius 1 is 0.443 bits per heavy atom. The molecule has 3 nitrogen and oxygen atoms in total. The third-order valence-electron chi connectivity index (χ3n) is 12.5. The number of nitrogens with zero attached hydrogens (tertiary/aromatic N) is 2. The summed E-state index contributed by atoms with van der Waals surface area (Å²) >= 11 is 0. The highest BCUT2D eigenvalue weighted by atomic mass is 16.3. The number of anilines is 3. The van der Waals surface area contributed by atoms with Gasteiger partial charge in [0.05, 0.1) is 11.0 Å². The molecule has 0 spiro atoms. The van der Waals surface area contributed by atoms with E-state index in [2.05, 4.69) is 234 Å². The summed E-state index contributed by atoms with van der Waals surface area (Å²) in [6.45, 7) is 0. The fraction of sp³-hybridized carbons (Fsp3) is 0.0345. The molecule has 1 aliphatic carbocycles. The summed E-state index contributed by atoms with van der Waals surface area (Å²) in [6.07, 6.45) is 9.85. The second-order valence-corrected chi connectivity index (χ2v) is 16.1. The number of aromatic nitrogens is 1. The Bertz CT molecular complexity index is 3480. The lowest BCUT2D eigenvalue weighted by Gasteiger charge is -2.26. The Balaban J connectivity index is 0.929. The average molecular weight is 781 g/mol. The molecule has 61 heavy (non-hydrogen) atoms. The number of hydrogen-bond acceptors (Lipinski definition) is 2. The predicted molar refractivity (Wildman–Crippen MR) is 257 cm³/mol. The van der Waals surface area contributed by atoms with E-state index in [-0.39, 0.29) is 0 Å². The first-order chi connectivity index (χ1) is 30.2. The minimum atomic E-state index is 0.396. The van der Waals surface area contributed by atoms with Crippen molar-refractivity contribution in [1.82, 2.24) is 4.57 Å². The van der Waals surface area contributed by atoms with Crippen molar-refractivity contribution in [3.63, 3.8) is 0 Å². The van der Waals surface area contributed by atoms with Gasteiger partial charge < -0.3 is 13.9 Å². The van der Waals surface area contributed by atoms with Gasteiger partial charge in [0.1, 0.15) is 11.2 Å². The fourth-order valence-electron chi connectivity index (χ4n) is 9.48. The van der Waals surface area contributed by atoms with Crippen LogP contribution in [0.2, 0.25) is 0 Å². The standard InChI is InChI=1S/C58H40N2O/c1-4-12-39(13-5-1)41-20-27-47(28-21-41)59(48-29-22-42(23-30-48)40-14-6-2-7-15-40)49-31-35-53-52-33-25-44(37-56(52)61-57(53)38-49)43-24-32-50-45(36-43)26-34-54-51-18-10-11-19-55(51)60(58(50)54)46-16-8-3-9-17-46/h1-14,16-38,40H,15H2. The number of para-hydroxylation sites is 2. The molecule has 2 heterocycles. The molecular formula is C58H40N2O. The topological polar surface area (TPSA) is 21.3 Å². The van der Waals surface area contributed by atoms with Gasteiger partial charge in [-0.25, -0.2) is 0 Å². The number of rotatable bonds is 7. The van der Waals surface area contributed by atoms with Crippen LogP contribution in [-0.4, -0.2) is 4.57 Å².